The normalized spacial score (nSPS) is 11.9. The fraction of sp³-hybridized carbons (Fsp3) is 0.200. The van der Waals surface area contributed by atoms with Crippen molar-refractivity contribution in [2.75, 3.05) is 11.9 Å². The predicted octanol–water partition coefficient (Wildman–Crippen LogP) is 5.00. The van der Waals surface area contributed by atoms with E-state index in [1.165, 1.54) is 11.3 Å². The van der Waals surface area contributed by atoms with Gasteiger partial charge in [-0.05, 0) is 18.2 Å². The maximum absolute atomic E-state index is 12.6. The standard InChI is InChI=1S/C15H11ClF3N3S/c1-22(8-13-21-11-4-2-3-5-12(11)23-13)14-10(16)6-9(7-20-14)15(17,18)19/h2-7H,8H2,1H3. The van der Waals surface area contributed by atoms with E-state index in [9.17, 15) is 13.2 Å². The maximum Gasteiger partial charge on any atom is 0.417 e. The van der Waals surface area contributed by atoms with Crippen molar-refractivity contribution in [2.24, 2.45) is 0 Å². The summed E-state index contributed by atoms with van der Waals surface area (Å²) in [5, 5.41) is 0.801. The van der Waals surface area contributed by atoms with Crippen LogP contribution in [0, 0.1) is 0 Å². The smallest absolute Gasteiger partial charge is 0.352 e. The van der Waals surface area contributed by atoms with Crippen molar-refractivity contribution in [1.29, 1.82) is 0 Å². The summed E-state index contributed by atoms with van der Waals surface area (Å²) in [6, 6.07) is 8.61. The molecule has 2 aromatic heterocycles. The van der Waals surface area contributed by atoms with Gasteiger partial charge in [0, 0.05) is 13.2 Å². The molecular formula is C15H11ClF3N3S. The Morgan fingerprint density at radius 1 is 1.26 bits per heavy atom. The van der Waals surface area contributed by atoms with Gasteiger partial charge in [0.15, 0.2) is 0 Å². The van der Waals surface area contributed by atoms with Gasteiger partial charge in [0.25, 0.3) is 0 Å². The summed E-state index contributed by atoms with van der Waals surface area (Å²) in [7, 11) is 1.72. The molecule has 1 aromatic carbocycles. The van der Waals surface area contributed by atoms with E-state index in [0.717, 1.165) is 27.5 Å². The van der Waals surface area contributed by atoms with Gasteiger partial charge in [-0.3, -0.25) is 0 Å². The van der Waals surface area contributed by atoms with Gasteiger partial charge in [0.1, 0.15) is 10.8 Å². The van der Waals surface area contributed by atoms with E-state index < -0.39 is 11.7 Å². The molecule has 0 saturated heterocycles. The first-order chi connectivity index (χ1) is 10.8. The number of anilines is 1. The van der Waals surface area contributed by atoms with Crippen LogP contribution in [0.25, 0.3) is 10.2 Å². The van der Waals surface area contributed by atoms with Crippen LogP contribution in [-0.4, -0.2) is 17.0 Å². The molecule has 0 N–H and O–H groups in total. The first-order valence-corrected chi connectivity index (χ1v) is 7.82. The zero-order valence-corrected chi connectivity index (χ0v) is 13.5. The van der Waals surface area contributed by atoms with Crippen molar-refractivity contribution >= 4 is 39.0 Å². The Morgan fingerprint density at radius 2 is 2.00 bits per heavy atom. The van der Waals surface area contributed by atoms with Crippen molar-refractivity contribution in [3.63, 3.8) is 0 Å². The fourth-order valence-corrected chi connectivity index (χ4v) is 3.46. The monoisotopic (exact) mass is 357 g/mol. The second-order valence-electron chi connectivity index (χ2n) is 4.96. The van der Waals surface area contributed by atoms with Crippen molar-refractivity contribution in [2.45, 2.75) is 12.7 Å². The zero-order valence-electron chi connectivity index (χ0n) is 11.9. The molecule has 0 spiro atoms. The van der Waals surface area contributed by atoms with E-state index in [4.69, 9.17) is 11.6 Å². The number of hydrogen-bond acceptors (Lipinski definition) is 4. The number of pyridine rings is 1. The minimum atomic E-state index is -4.46. The number of alkyl halides is 3. The van der Waals surface area contributed by atoms with Crippen molar-refractivity contribution in [3.05, 3.63) is 52.1 Å². The number of aromatic nitrogens is 2. The van der Waals surface area contributed by atoms with Crippen molar-refractivity contribution in [3.8, 4) is 0 Å². The summed E-state index contributed by atoms with van der Waals surface area (Å²) in [6.45, 7) is 0.414. The van der Waals surface area contributed by atoms with Gasteiger partial charge >= 0.3 is 6.18 Å². The first-order valence-electron chi connectivity index (χ1n) is 6.63. The third-order valence-corrected chi connectivity index (χ3v) is 4.52. The van der Waals surface area contributed by atoms with Crippen LogP contribution in [0.2, 0.25) is 5.02 Å². The molecule has 120 valence electrons. The molecule has 0 amide bonds. The number of hydrogen-bond donors (Lipinski definition) is 0. The van der Waals surface area contributed by atoms with Crippen LogP contribution < -0.4 is 4.90 Å². The van der Waals surface area contributed by atoms with Crippen LogP contribution in [0.15, 0.2) is 36.5 Å². The van der Waals surface area contributed by atoms with Crippen LogP contribution >= 0.6 is 22.9 Å². The fourth-order valence-electron chi connectivity index (χ4n) is 2.13. The zero-order chi connectivity index (χ0) is 16.6. The van der Waals surface area contributed by atoms with E-state index in [-0.39, 0.29) is 5.02 Å². The van der Waals surface area contributed by atoms with Crippen molar-refractivity contribution in [1.82, 2.24) is 9.97 Å². The van der Waals surface area contributed by atoms with Crippen molar-refractivity contribution < 1.29 is 13.2 Å². The highest BCUT2D eigenvalue weighted by molar-refractivity contribution is 7.18. The third-order valence-electron chi connectivity index (χ3n) is 3.22. The van der Waals surface area contributed by atoms with Crippen LogP contribution in [0.3, 0.4) is 0 Å². The summed E-state index contributed by atoms with van der Waals surface area (Å²) in [4.78, 5) is 10.0. The highest BCUT2D eigenvalue weighted by Crippen LogP contribution is 2.33. The minimum absolute atomic E-state index is 0.0385. The lowest BCUT2D eigenvalue weighted by Crippen LogP contribution is -2.18. The molecule has 0 aliphatic heterocycles. The van der Waals surface area contributed by atoms with E-state index in [1.807, 2.05) is 24.3 Å². The molecule has 2 heterocycles. The summed E-state index contributed by atoms with van der Waals surface area (Å²) >= 11 is 7.48. The Hall–Kier alpha value is -1.86. The second-order valence-corrected chi connectivity index (χ2v) is 6.48. The minimum Gasteiger partial charge on any atom is -0.352 e. The molecule has 0 aliphatic rings. The second kappa shape index (κ2) is 5.98. The number of halogens is 4. The molecule has 0 fully saturated rings. The SMILES string of the molecule is CN(Cc1nc2ccccc2s1)c1ncc(C(F)(F)F)cc1Cl. The van der Waals surface area contributed by atoms with Gasteiger partial charge < -0.3 is 4.90 Å². The largest absolute Gasteiger partial charge is 0.417 e. The average Bonchev–Trinajstić information content (AvgIpc) is 2.88. The Labute approximate surface area is 139 Å². The highest BCUT2D eigenvalue weighted by Gasteiger charge is 2.31. The molecule has 0 unspecified atom stereocenters. The summed E-state index contributed by atoms with van der Waals surface area (Å²) in [6.07, 6.45) is -3.67. The quantitative estimate of drug-likeness (QED) is 0.660. The van der Waals surface area contributed by atoms with Gasteiger partial charge in [-0.15, -0.1) is 11.3 Å². The Bertz CT molecular complexity index is 814. The Kier molecular flexibility index (Phi) is 4.16. The molecule has 0 saturated carbocycles. The van der Waals surface area contributed by atoms with Crippen LogP contribution in [0.1, 0.15) is 10.6 Å². The van der Waals surface area contributed by atoms with E-state index in [2.05, 4.69) is 9.97 Å². The number of nitrogens with zero attached hydrogens (tertiary/aromatic N) is 3. The third kappa shape index (κ3) is 3.40. The topological polar surface area (TPSA) is 29.0 Å². The lowest BCUT2D eigenvalue weighted by molar-refractivity contribution is -0.137. The van der Waals surface area contributed by atoms with E-state index >= 15 is 0 Å². The molecule has 0 radical (unpaired) electrons. The van der Waals surface area contributed by atoms with Gasteiger partial charge in [-0.25, -0.2) is 9.97 Å². The number of fused-ring (bicyclic) bond motifs is 1. The molecule has 8 heteroatoms. The van der Waals surface area contributed by atoms with Crippen LogP contribution in [-0.2, 0) is 12.7 Å². The molecule has 3 aromatic rings. The Balaban J connectivity index is 1.84. The summed E-state index contributed by atoms with van der Waals surface area (Å²) in [5.41, 5.74) is 0.0343. The van der Waals surface area contributed by atoms with Gasteiger partial charge in [0.05, 0.1) is 27.3 Å². The first kappa shape index (κ1) is 16.0. The molecule has 0 atom stereocenters. The number of benzene rings is 1. The molecule has 3 nitrogen and oxygen atoms in total. The summed E-state index contributed by atoms with van der Waals surface area (Å²) < 4.78 is 39.0. The van der Waals surface area contributed by atoms with E-state index in [1.54, 1.807) is 11.9 Å². The predicted molar refractivity (Wildman–Crippen MR) is 86.0 cm³/mol. The molecule has 0 aliphatic carbocycles. The lowest BCUT2D eigenvalue weighted by atomic mass is 10.2. The van der Waals surface area contributed by atoms with Crippen LogP contribution in [0.4, 0.5) is 19.0 Å². The number of para-hydroxylation sites is 1. The number of thiazole rings is 1. The molecular weight excluding hydrogens is 347 g/mol. The highest BCUT2D eigenvalue weighted by atomic mass is 35.5. The van der Waals surface area contributed by atoms with E-state index in [0.29, 0.717) is 12.4 Å². The average molecular weight is 358 g/mol. The van der Waals surface area contributed by atoms with Gasteiger partial charge in [-0.1, -0.05) is 23.7 Å². The molecule has 0 bridgehead atoms. The maximum atomic E-state index is 12.6. The lowest BCUT2D eigenvalue weighted by Gasteiger charge is -2.18. The van der Waals surface area contributed by atoms with Gasteiger partial charge in [0.2, 0.25) is 0 Å². The molecule has 23 heavy (non-hydrogen) atoms. The summed E-state index contributed by atoms with van der Waals surface area (Å²) in [5.74, 6) is 0.291. The van der Waals surface area contributed by atoms with Crippen LogP contribution in [0.5, 0.6) is 0 Å². The Morgan fingerprint density at radius 3 is 2.65 bits per heavy atom. The number of rotatable bonds is 3. The molecule has 3 rings (SSSR count). The van der Waals surface area contributed by atoms with Gasteiger partial charge in [-0.2, -0.15) is 13.2 Å².